The predicted octanol–water partition coefficient (Wildman–Crippen LogP) is 10.6. The van der Waals surface area contributed by atoms with Gasteiger partial charge in [-0.2, -0.15) is 10.5 Å². The molecule has 0 heterocycles. The first-order valence-corrected chi connectivity index (χ1v) is 15.3. The Morgan fingerprint density at radius 1 is 0.578 bits per heavy atom. The van der Waals surface area contributed by atoms with E-state index in [-0.39, 0.29) is 5.41 Å². The first kappa shape index (κ1) is 28.0. The van der Waals surface area contributed by atoms with Gasteiger partial charge in [-0.15, -0.1) is 0 Å². The molecule has 0 saturated carbocycles. The first-order valence-electron chi connectivity index (χ1n) is 15.3. The molecule has 216 valence electrons. The van der Waals surface area contributed by atoms with E-state index in [0.29, 0.717) is 11.1 Å². The van der Waals surface area contributed by atoms with Gasteiger partial charge in [-0.25, -0.2) is 0 Å². The minimum absolute atomic E-state index is 0.0376. The smallest absolute Gasteiger partial charge is 0.0991 e. The SMILES string of the molecule is CC1(C)c2ccccc2-c2cc(N(C3=CC=CCC3)c3ccc(N(c4ccc(C#N)cc4)c4ccc(C#N)cc4)cc3)ccc21. The van der Waals surface area contributed by atoms with Crippen LogP contribution < -0.4 is 9.80 Å². The van der Waals surface area contributed by atoms with Crippen LogP contribution >= 0.6 is 0 Å². The molecule has 0 unspecified atom stereocenters. The van der Waals surface area contributed by atoms with Crippen LogP contribution in [0.3, 0.4) is 0 Å². The Bertz CT molecular complexity index is 1980. The van der Waals surface area contributed by atoms with E-state index in [1.165, 1.54) is 28.0 Å². The molecular weight excluding hydrogens is 548 g/mol. The van der Waals surface area contributed by atoms with Crippen molar-refractivity contribution < 1.29 is 0 Å². The largest absolute Gasteiger partial charge is 0.314 e. The van der Waals surface area contributed by atoms with Crippen molar-refractivity contribution in [3.05, 3.63) is 161 Å². The Kier molecular flexibility index (Phi) is 7.05. The van der Waals surface area contributed by atoms with Crippen molar-refractivity contribution in [3.8, 4) is 23.3 Å². The number of hydrogen-bond donors (Lipinski definition) is 0. The predicted molar refractivity (Wildman–Crippen MR) is 183 cm³/mol. The molecule has 0 aromatic heterocycles. The number of anilines is 5. The first-order chi connectivity index (χ1) is 22.0. The maximum atomic E-state index is 9.36. The lowest BCUT2D eigenvalue weighted by molar-refractivity contribution is 0.660. The Morgan fingerprint density at radius 3 is 1.64 bits per heavy atom. The molecule has 0 radical (unpaired) electrons. The summed E-state index contributed by atoms with van der Waals surface area (Å²) >= 11 is 0. The normalized spacial score (nSPS) is 14.0. The van der Waals surface area contributed by atoms with Crippen molar-refractivity contribution in [1.29, 1.82) is 10.5 Å². The Labute approximate surface area is 265 Å². The van der Waals surface area contributed by atoms with Gasteiger partial charge in [-0.05, 0) is 126 Å². The van der Waals surface area contributed by atoms with Gasteiger partial charge in [0.05, 0.1) is 23.3 Å². The van der Waals surface area contributed by atoms with E-state index in [2.05, 4.69) is 121 Å². The molecule has 0 saturated heterocycles. The van der Waals surface area contributed by atoms with Crippen molar-refractivity contribution in [2.45, 2.75) is 32.1 Å². The van der Waals surface area contributed by atoms with Gasteiger partial charge in [0.25, 0.3) is 0 Å². The third kappa shape index (κ3) is 4.97. The van der Waals surface area contributed by atoms with Gasteiger partial charge in [-0.1, -0.05) is 56.3 Å². The van der Waals surface area contributed by atoms with Crippen LogP contribution in [-0.2, 0) is 5.41 Å². The molecule has 45 heavy (non-hydrogen) atoms. The number of hydrogen-bond acceptors (Lipinski definition) is 4. The zero-order chi connectivity index (χ0) is 31.0. The summed E-state index contributed by atoms with van der Waals surface area (Å²) < 4.78 is 0. The monoisotopic (exact) mass is 580 g/mol. The van der Waals surface area contributed by atoms with Gasteiger partial charge >= 0.3 is 0 Å². The summed E-state index contributed by atoms with van der Waals surface area (Å²) in [6, 6.07) is 43.9. The second-order valence-electron chi connectivity index (χ2n) is 12.0. The van der Waals surface area contributed by atoms with Gasteiger partial charge in [0, 0.05) is 39.5 Å². The van der Waals surface area contributed by atoms with Gasteiger partial charge in [0.15, 0.2) is 0 Å². The minimum atomic E-state index is -0.0376. The zero-order valence-electron chi connectivity index (χ0n) is 25.4. The van der Waals surface area contributed by atoms with Crippen LogP contribution in [0.1, 0.15) is 48.9 Å². The number of nitrogens with zero attached hydrogens (tertiary/aromatic N) is 4. The van der Waals surface area contributed by atoms with Gasteiger partial charge in [0.1, 0.15) is 0 Å². The number of nitriles is 2. The fourth-order valence-corrected chi connectivity index (χ4v) is 6.67. The van der Waals surface area contributed by atoms with Crippen molar-refractivity contribution >= 4 is 28.4 Å². The maximum Gasteiger partial charge on any atom is 0.0991 e. The molecule has 5 aromatic rings. The Morgan fingerprint density at radius 2 is 1.09 bits per heavy atom. The van der Waals surface area contributed by atoms with E-state index in [0.717, 1.165) is 41.3 Å². The van der Waals surface area contributed by atoms with Crippen molar-refractivity contribution in [1.82, 2.24) is 0 Å². The lowest BCUT2D eigenvalue weighted by Crippen LogP contribution is -2.18. The van der Waals surface area contributed by atoms with Crippen molar-refractivity contribution in [2.75, 3.05) is 9.80 Å². The maximum absolute atomic E-state index is 9.36. The van der Waals surface area contributed by atoms with Crippen LogP contribution in [0.5, 0.6) is 0 Å². The van der Waals surface area contributed by atoms with Crippen LogP contribution in [0.2, 0.25) is 0 Å². The lowest BCUT2D eigenvalue weighted by atomic mass is 9.82. The van der Waals surface area contributed by atoms with Crippen molar-refractivity contribution in [3.63, 3.8) is 0 Å². The molecule has 4 nitrogen and oxygen atoms in total. The summed E-state index contributed by atoms with van der Waals surface area (Å²) in [5, 5.41) is 18.7. The molecule has 2 aliphatic carbocycles. The summed E-state index contributed by atoms with van der Waals surface area (Å²) in [4.78, 5) is 4.53. The Balaban J connectivity index is 1.31. The summed E-state index contributed by atoms with van der Waals surface area (Å²) in [5.41, 5.74) is 12.9. The van der Waals surface area contributed by atoms with Gasteiger partial charge in [0.2, 0.25) is 0 Å². The molecule has 0 amide bonds. The summed E-state index contributed by atoms with van der Waals surface area (Å²) in [5.74, 6) is 0. The molecular formula is C41H32N4. The molecule has 0 aliphatic heterocycles. The van der Waals surface area contributed by atoms with E-state index in [9.17, 15) is 10.5 Å². The fourth-order valence-electron chi connectivity index (χ4n) is 6.67. The topological polar surface area (TPSA) is 54.1 Å². The van der Waals surface area contributed by atoms with Gasteiger partial charge < -0.3 is 9.80 Å². The minimum Gasteiger partial charge on any atom is -0.314 e. The summed E-state index contributed by atoms with van der Waals surface area (Å²) in [6.07, 6.45) is 8.57. The highest BCUT2D eigenvalue weighted by Gasteiger charge is 2.35. The fraction of sp³-hybridized carbons (Fsp3) is 0.122. The molecule has 0 spiro atoms. The summed E-state index contributed by atoms with van der Waals surface area (Å²) in [6.45, 7) is 4.63. The molecule has 2 aliphatic rings. The molecule has 0 bridgehead atoms. The zero-order valence-corrected chi connectivity index (χ0v) is 25.4. The van der Waals surface area contributed by atoms with E-state index in [4.69, 9.17) is 0 Å². The van der Waals surface area contributed by atoms with Crippen LogP contribution in [0.15, 0.2) is 139 Å². The van der Waals surface area contributed by atoms with E-state index in [1.807, 2.05) is 48.5 Å². The lowest BCUT2D eigenvalue weighted by Gasteiger charge is -2.31. The standard InChI is InChI=1S/C41H32N4/c1-41(2)39-11-7-6-10-37(39)38-26-36(24-25-40(38)41)45(31-8-4-3-5-9-31)35-22-20-34(21-23-35)44(32-16-12-29(27-42)13-17-32)33-18-14-30(28-43)15-19-33/h3-4,6-8,10-26H,5,9H2,1-2H3. The molecule has 7 rings (SSSR count). The highest BCUT2D eigenvalue weighted by molar-refractivity contribution is 5.85. The van der Waals surface area contributed by atoms with Crippen LogP contribution in [0.4, 0.5) is 28.4 Å². The average Bonchev–Trinajstić information content (AvgIpc) is 3.32. The van der Waals surface area contributed by atoms with Crippen molar-refractivity contribution in [2.24, 2.45) is 0 Å². The van der Waals surface area contributed by atoms with E-state index < -0.39 is 0 Å². The highest BCUT2D eigenvalue weighted by Crippen LogP contribution is 2.50. The van der Waals surface area contributed by atoms with E-state index in [1.54, 1.807) is 0 Å². The van der Waals surface area contributed by atoms with Gasteiger partial charge in [-0.3, -0.25) is 0 Å². The molecule has 0 N–H and O–H groups in total. The average molecular weight is 581 g/mol. The number of allylic oxidation sites excluding steroid dienone is 4. The number of fused-ring (bicyclic) bond motifs is 3. The second kappa shape index (κ2) is 11.3. The third-order valence-corrected chi connectivity index (χ3v) is 8.98. The van der Waals surface area contributed by atoms with Crippen LogP contribution in [0, 0.1) is 22.7 Å². The summed E-state index contributed by atoms with van der Waals surface area (Å²) in [7, 11) is 0. The van der Waals surface area contributed by atoms with Crippen LogP contribution in [0.25, 0.3) is 11.1 Å². The number of benzene rings is 5. The highest BCUT2D eigenvalue weighted by atomic mass is 15.2. The Hall–Kier alpha value is -5.84. The van der Waals surface area contributed by atoms with Crippen LogP contribution in [-0.4, -0.2) is 0 Å². The molecule has 4 heteroatoms. The molecule has 5 aromatic carbocycles. The van der Waals surface area contributed by atoms with E-state index >= 15 is 0 Å². The molecule has 0 fully saturated rings. The molecule has 0 atom stereocenters. The number of rotatable bonds is 6. The second-order valence-corrected chi connectivity index (χ2v) is 12.0. The third-order valence-electron chi connectivity index (χ3n) is 8.98. The quantitative estimate of drug-likeness (QED) is 0.200.